The third-order valence-electron chi connectivity index (χ3n) is 2.98. The largest absolute Gasteiger partial charge is 0.495 e. The molecule has 0 amide bonds. The molecule has 0 saturated carbocycles. The van der Waals surface area contributed by atoms with E-state index in [4.69, 9.17) is 4.74 Å². The number of Topliss-reactive ketones (excluding diaryl/α,β-unsaturated/α-hetero) is 1. The molecule has 0 fully saturated rings. The molecule has 98 valence electrons. The zero-order valence-electron chi connectivity index (χ0n) is 11.0. The predicted molar refractivity (Wildman–Crippen MR) is 74.5 cm³/mol. The van der Waals surface area contributed by atoms with Gasteiger partial charge in [-0.15, -0.1) is 0 Å². The van der Waals surface area contributed by atoms with Gasteiger partial charge >= 0.3 is 0 Å². The van der Waals surface area contributed by atoms with Crippen molar-refractivity contribution in [2.45, 2.75) is 19.3 Å². The summed E-state index contributed by atoms with van der Waals surface area (Å²) in [5, 5.41) is 0. The van der Waals surface area contributed by atoms with E-state index in [2.05, 4.69) is 17.1 Å². The van der Waals surface area contributed by atoms with E-state index >= 15 is 0 Å². The van der Waals surface area contributed by atoms with Crippen molar-refractivity contribution in [3.8, 4) is 5.75 Å². The van der Waals surface area contributed by atoms with Gasteiger partial charge in [-0.2, -0.15) is 0 Å². The lowest BCUT2D eigenvalue weighted by molar-refractivity contribution is 0.0979. The molecule has 0 bridgehead atoms. The van der Waals surface area contributed by atoms with Gasteiger partial charge < -0.3 is 4.74 Å². The fourth-order valence-electron chi connectivity index (χ4n) is 1.93. The maximum Gasteiger partial charge on any atom is 0.164 e. The quantitative estimate of drug-likeness (QED) is 0.743. The highest BCUT2D eigenvalue weighted by molar-refractivity contribution is 5.96. The Hall–Kier alpha value is -2.16. The Morgan fingerprint density at radius 3 is 2.74 bits per heavy atom. The molecular weight excluding hydrogens is 238 g/mol. The summed E-state index contributed by atoms with van der Waals surface area (Å²) >= 11 is 0. The number of carbonyl (C=O) groups is 1. The monoisotopic (exact) mass is 255 g/mol. The second-order valence-electron chi connectivity index (χ2n) is 4.38. The molecule has 0 atom stereocenters. The van der Waals surface area contributed by atoms with Crippen LogP contribution in [0.15, 0.2) is 48.8 Å². The molecule has 0 radical (unpaired) electrons. The summed E-state index contributed by atoms with van der Waals surface area (Å²) in [4.78, 5) is 16.0. The Labute approximate surface area is 113 Å². The number of aryl methyl sites for hydroxylation is 1. The van der Waals surface area contributed by atoms with Crippen molar-refractivity contribution in [3.63, 3.8) is 0 Å². The summed E-state index contributed by atoms with van der Waals surface area (Å²) in [6.45, 7) is 0. The molecule has 2 aromatic rings. The summed E-state index contributed by atoms with van der Waals surface area (Å²) in [6, 6.07) is 11.9. The van der Waals surface area contributed by atoms with Crippen LogP contribution < -0.4 is 4.74 Å². The third kappa shape index (κ3) is 3.91. The van der Waals surface area contributed by atoms with Gasteiger partial charge in [-0.3, -0.25) is 9.78 Å². The normalized spacial score (nSPS) is 10.2. The molecule has 0 spiro atoms. The highest BCUT2D eigenvalue weighted by Crippen LogP contribution is 2.13. The molecule has 3 nitrogen and oxygen atoms in total. The number of aromatic nitrogens is 1. The van der Waals surface area contributed by atoms with Crippen LogP contribution >= 0.6 is 0 Å². The second-order valence-corrected chi connectivity index (χ2v) is 4.38. The molecule has 0 aliphatic rings. The molecule has 1 aromatic heterocycles. The molecule has 2 rings (SSSR count). The van der Waals surface area contributed by atoms with Gasteiger partial charge in [0.1, 0.15) is 5.75 Å². The Balaban J connectivity index is 1.87. The minimum absolute atomic E-state index is 0.113. The Kier molecular flexibility index (Phi) is 4.67. The molecule has 0 unspecified atom stereocenters. The number of pyridine rings is 1. The van der Waals surface area contributed by atoms with Crippen LogP contribution in [0, 0.1) is 0 Å². The Morgan fingerprint density at radius 1 is 1.21 bits per heavy atom. The number of ether oxygens (including phenoxy) is 1. The minimum atomic E-state index is 0.113. The van der Waals surface area contributed by atoms with Crippen LogP contribution in [-0.2, 0) is 6.42 Å². The lowest BCUT2D eigenvalue weighted by atomic mass is 10.0. The Morgan fingerprint density at radius 2 is 2.00 bits per heavy atom. The van der Waals surface area contributed by atoms with Gasteiger partial charge in [-0.1, -0.05) is 30.3 Å². The van der Waals surface area contributed by atoms with Gasteiger partial charge in [0.25, 0.3) is 0 Å². The molecule has 19 heavy (non-hydrogen) atoms. The number of nitrogens with zero attached hydrogens (tertiary/aromatic N) is 1. The van der Waals surface area contributed by atoms with E-state index in [-0.39, 0.29) is 5.78 Å². The number of ketones is 1. The summed E-state index contributed by atoms with van der Waals surface area (Å²) < 4.78 is 5.06. The van der Waals surface area contributed by atoms with Gasteiger partial charge in [-0.25, -0.2) is 0 Å². The van der Waals surface area contributed by atoms with Gasteiger partial charge in [0.15, 0.2) is 5.78 Å². The number of benzene rings is 1. The SMILES string of the molecule is COc1cncc(C(=O)CCCc2ccccc2)c1. The van der Waals surface area contributed by atoms with E-state index in [0.717, 1.165) is 12.8 Å². The van der Waals surface area contributed by atoms with Crippen LogP contribution in [0.5, 0.6) is 5.75 Å². The smallest absolute Gasteiger partial charge is 0.164 e. The van der Waals surface area contributed by atoms with Crippen molar-refractivity contribution in [2.24, 2.45) is 0 Å². The maximum atomic E-state index is 12.0. The van der Waals surface area contributed by atoms with Crippen LogP contribution in [0.1, 0.15) is 28.8 Å². The molecule has 1 heterocycles. The molecule has 3 heteroatoms. The van der Waals surface area contributed by atoms with Crippen LogP contribution in [0.3, 0.4) is 0 Å². The predicted octanol–water partition coefficient (Wildman–Crippen LogP) is 3.30. The average molecular weight is 255 g/mol. The average Bonchev–Trinajstić information content (AvgIpc) is 2.48. The van der Waals surface area contributed by atoms with Crippen molar-refractivity contribution >= 4 is 5.78 Å². The van der Waals surface area contributed by atoms with E-state index < -0.39 is 0 Å². The highest BCUT2D eigenvalue weighted by atomic mass is 16.5. The van der Waals surface area contributed by atoms with Crippen LogP contribution in [0.2, 0.25) is 0 Å². The van der Waals surface area contributed by atoms with Crippen molar-refractivity contribution in [3.05, 3.63) is 59.9 Å². The van der Waals surface area contributed by atoms with Gasteiger partial charge in [0.05, 0.1) is 13.3 Å². The van der Waals surface area contributed by atoms with Crippen molar-refractivity contribution in [1.29, 1.82) is 0 Å². The maximum absolute atomic E-state index is 12.0. The summed E-state index contributed by atoms with van der Waals surface area (Å²) in [5.41, 5.74) is 1.88. The standard InChI is InChI=1S/C16H17NO2/c1-19-15-10-14(11-17-12-15)16(18)9-5-8-13-6-3-2-4-7-13/h2-4,6-7,10-12H,5,8-9H2,1H3. The molecule has 0 aliphatic carbocycles. The lowest BCUT2D eigenvalue weighted by Gasteiger charge is -2.03. The second kappa shape index (κ2) is 6.69. The van der Waals surface area contributed by atoms with Gasteiger partial charge in [0, 0.05) is 18.2 Å². The zero-order valence-corrected chi connectivity index (χ0v) is 11.0. The molecule has 0 saturated heterocycles. The first kappa shape index (κ1) is 13.3. The van der Waals surface area contributed by atoms with Crippen molar-refractivity contribution < 1.29 is 9.53 Å². The van der Waals surface area contributed by atoms with E-state index in [1.165, 1.54) is 5.56 Å². The number of methoxy groups -OCH3 is 1. The van der Waals surface area contributed by atoms with E-state index in [9.17, 15) is 4.79 Å². The fraction of sp³-hybridized carbons (Fsp3) is 0.250. The number of carbonyl (C=O) groups excluding carboxylic acids is 1. The van der Waals surface area contributed by atoms with E-state index in [1.54, 1.807) is 25.6 Å². The Bertz CT molecular complexity index is 537. The topological polar surface area (TPSA) is 39.2 Å². The fourth-order valence-corrected chi connectivity index (χ4v) is 1.93. The number of hydrogen-bond donors (Lipinski definition) is 0. The number of rotatable bonds is 6. The van der Waals surface area contributed by atoms with E-state index in [0.29, 0.717) is 17.7 Å². The molecule has 0 aliphatic heterocycles. The zero-order chi connectivity index (χ0) is 13.5. The first-order valence-corrected chi connectivity index (χ1v) is 6.36. The molecule has 1 aromatic carbocycles. The van der Waals surface area contributed by atoms with Crippen LogP contribution in [0.4, 0.5) is 0 Å². The summed E-state index contributed by atoms with van der Waals surface area (Å²) in [7, 11) is 1.57. The van der Waals surface area contributed by atoms with Crippen molar-refractivity contribution in [1.82, 2.24) is 4.98 Å². The number of hydrogen-bond acceptors (Lipinski definition) is 3. The minimum Gasteiger partial charge on any atom is -0.495 e. The van der Waals surface area contributed by atoms with Crippen LogP contribution in [0.25, 0.3) is 0 Å². The van der Waals surface area contributed by atoms with Crippen LogP contribution in [-0.4, -0.2) is 17.9 Å². The first-order chi connectivity index (χ1) is 9.29. The molecular formula is C16H17NO2. The van der Waals surface area contributed by atoms with Crippen molar-refractivity contribution in [2.75, 3.05) is 7.11 Å². The lowest BCUT2D eigenvalue weighted by Crippen LogP contribution is -2.01. The van der Waals surface area contributed by atoms with E-state index in [1.807, 2.05) is 18.2 Å². The first-order valence-electron chi connectivity index (χ1n) is 6.36. The van der Waals surface area contributed by atoms with Gasteiger partial charge in [0.2, 0.25) is 0 Å². The summed E-state index contributed by atoms with van der Waals surface area (Å²) in [5.74, 6) is 0.733. The summed E-state index contributed by atoms with van der Waals surface area (Å²) in [6.07, 6.45) is 5.49. The third-order valence-corrected chi connectivity index (χ3v) is 2.98. The molecule has 0 N–H and O–H groups in total. The van der Waals surface area contributed by atoms with Gasteiger partial charge in [-0.05, 0) is 24.5 Å². The highest BCUT2D eigenvalue weighted by Gasteiger charge is 2.07.